The highest BCUT2D eigenvalue weighted by atomic mass is 16.7. The zero-order chi connectivity index (χ0) is 19.5. The van der Waals surface area contributed by atoms with Crippen LogP contribution in [0.3, 0.4) is 0 Å². The standard InChI is InChI=1S/C21H26N4O3/c1-24-21-17(23-15-7-5-4-6-8-15)11-12-22-18(21)14-25(24)28-16-9-10-19(26-2)20(13-16)27-3/h4-10,13,17,22-23H,11-12,14H2,1-3H3. The Labute approximate surface area is 165 Å². The van der Waals surface area contributed by atoms with Crippen molar-refractivity contribution in [3.63, 3.8) is 0 Å². The minimum Gasteiger partial charge on any atom is -0.493 e. The molecule has 148 valence electrons. The molecule has 0 amide bonds. The van der Waals surface area contributed by atoms with Gasteiger partial charge in [-0.05, 0) is 35.9 Å². The lowest BCUT2D eigenvalue weighted by Crippen LogP contribution is -2.42. The molecular formula is C21H26N4O3. The molecule has 0 aliphatic carbocycles. The summed E-state index contributed by atoms with van der Waals surface area (Å²) in [5.41, 5.74) is 3.51. The summed E-state index contributed by atoms with van der Waals surface area (Å²) in [6.45, 7) is 1.59. The van der Waals surface area contributed by atoms with Crippen LogP contribution in [0.15, 0.2) is 59.9 Å². The number of hydrogen-bond acceptors (Lipinski definition) is 7. The highest BCUT2D eigenvalue weighted by Crippen LogP contribution is 2.34. The van der Waals surface area contributed by atoms with Gasteiger partial charge in [-0.25, -0.2) is 0 Å². The predicted octanol–water partition coefficient (Wildman–Crippen LogP) is 2.85. The Balaban J connectivity index is 1.49. The number of likely N-dealkylation sites (N-methyl/N-ethyl adjacent to an activating group) is 1. The Morgan fingerprint density at radius 3 is 2.57 bits per heavy atom. The van der Waals surface area contributed by atoms with Crippen molar-refractivity contribution in [3.05, 3.63) is 59.9 Å². The molecule has 7 heteroatoms. The Morgan fingerprint density at radius 1 is 1.04 bits per heavy atom. The Kier molecular flexibility index (Phi) is 5.16. The number of benzene rings is 2. The summed E-state index contributed by atoms with van der Waals surface area (Å²) < 4.78 is 10.7. The molecule has 7 nitrogen and oxygen atoms in total. The van der Waals surface area contributed by atoms with Crippen LogP contribution < -0.4 is 24.9 Å². The molecule has 2 aliphatic heterocycles. The summed E-state index contributed by atoms with van der Waals surface area (Å²) in [6, 6.07) is 16.1. The minimum atomic E-state index is 0.225. The van der Waals surface area contributed by atoms with Crippen LogP contribution in [0.5, 0.6) is 17.2 Å². The molecule has 1 atom stereocenters. The van der Waals surface area contributed by atoms with Crippen molar-refractivity contribution in [2.45, 2.75) is 12.5 Å². The van der Waals surface area contributed by atoms with Crippen molar-refractivity contribution in [2.24, 2.45) is 0 Å². The van der Waals surface area contributed by atoms with Crippen molar-refractivity contribution in [1.82, 2.24) is 15.5 Å². The fourth-order valence-electron chi connectivity index (χ4n) is 3.69. The van der Waals surface area contributed by atoms with Crippen LogP contribution in [-0.4, -0.2) is 50.6 Å². The largest absolute Gasteiger partial charge is 0.493 e. The van der Waals surface area contributed by atoms with E-state index in [1.165, 1.54) is 11.4 Å². The molecule has 0 fully saturated rings. The molecule has 2 aliphatic rings. The van der Waals surface area contributed by atoms with E-state index in [1.54, 1.807) is 14.2 Å². The molecule has 2 aromatic carbocycles. The van der Waals surface area contributed by atoms with Crippen molar-refractivity contribution < 1.29 is 14.3 Å². The summed E-state index contributed by atoms with van der Waals surface area (Å²) in [6.07, 6.45) is 1.00. The summed E-state index contributed by atoms with van der Waals surface area (Å²) in [5.74, 6) is 2.01. The van der Waals surface area contributed by atoms with Crippen LogP contribution in [0.4, 0.5) is 5.69 Å². The van der Waals surface area contributed by atoms with Gasteiger partial charge in [-0.1, -0.05) is 18.2 Å². The van der Waals surface area contributed by atoms with Crippen LogP contribution in [-0.2, 0) is 0 Å². The Bertz CT molecular complexity index is 856. The highest BCUT2D eigenvalue weighted by Gasteiger charge is 2.36. The van der Waals surface area contributed by atoms with Gasteiger partial charge in [-0.3, -0.25) is 5.01 Å². The fraction of sp³-hybridized carbons (Fsp3) is 0.333. The van der Waals surface area contributed by atoms with E-state index < -0.39 is 0 Å². The molecule has 2 heterocycles. The van der Waals surface area contributed by atoms with Gasteiger partial charge >= 0.3 is 0 Å². The lowest BCUT2D eigenvalue weighted by molar-refractivity contribution is -0.173. The maximum Gasteiger partial charge on any atom is 0.164 e. The van der Waals surface area contributed by atoms with Crippen LogP contribution in [0.2, 0.25) is 0 Å². The SMILES string of the molecule is COc1ccc(ON2CC3=C(C(Nc4ccccc4)CCN3)N2C)cc1OC. The van der Waals surface area contributed by atoms with E-state index in [1.807, 2.05) is 48.6 Å². The van der Waals surface area contributed by atoms with Gasteiger partial charge in [0, 0.05) is 25.3 Å². The first kappa shape index (κ1) is 18.3. The van der Waals surface area contributed by atoms with E-state index in [-0.39, 0.29) is 6.04 Å². The average Bonchev–Trinajstić information content (AvgIpc) is 3.05. The predicted molar refractivity (Wildman–Crippen MR) is 108 cm³/mol. The third-order valence-electron chi connectivity index (χ3n) is 5.07. The first-order valence-electron chi connectivity index (χ1n) is 9.39. The van der Waals surface area contributed by atoms with Crippen LogP contribution in [0.1, 0.15) is 6.42 Å². The highest BCUT2D eigenvalue weighted by molar-refractivity contribution is 5.47. The Morgan fingerprint density at radius 2 is 1.82 bits per heavy atom. The van der Waals surface area contributed by atoms with Gasteiger partial charge < -0.3 is 24.9 Å². The molecule has 0 saturated carbocycles. The third-order valence-corrected chi connectivity index (χ3v) is 5.07. The molecule has 0 radical (unpaired) electrons. The maximum absolute atomic E-state index is 6.13. The number of anilines is 1. The van der Waals surface area contributed by atoms with E-state index in [0.717, 1.165) is 18.7 Å². The molecule has 0 spiro atoms. The number of rotatable bonds is 6. The molecule has 0 bridgehead atoms. The van der Waals surface area contributed by atoms with Crippen molar-refractivity contribution in [1.29, 1.82) is 0 Å². The molecule has 0 saturated heterocycles. The zero-order valence-electron chi connectivity index (χ0n) is 16.4. The van der Waals surface area contributed by atoms with Gasteiger partial charge in [-0.2, -0.15) is 0 Å². The quantitative estimate of drug-likeness (QED) is 0.797. The lowest BCUT2D eigenvalue weighted by atomic mass is 10.0. The van der Waals surface area contributed by atoms with Crippen LogP contribution in [0, 0.1) is 0 Å². The lowest BCUT2D eigenvalue weighted by Gasteiger charge is -2.33. The second kappa shape index (κ2) is 7.90. The molecule has 28 heavy (non-hydrogen) atoms. The number of methoxy groups -OCH3 is 2. The van der Waals surface area contributed by atoms with Crippen molar-refractivity contribution >= 4 is 5.69 Å². The number of nitrogens with zero attached hydrogens (tertiary/aromatic N) is 2. The van der Waals surface area contributed by atoms with Crippen molar-refractivity contribution in [3.8, 4) is 17.2 Å². The normalized spacial score (nSPS) is 19.1. The summed E-state index contributed by atoms with van der Waals surface area (Å²) in [7, 11) is 5.26. The smallest absolute Gasteiger partial charge is 0.164 e. The minimum absolute atomic E-state index is 0.225. The summed E-state index contributed by atoms with van der Waals surface area (Å²) in [4.78, 5) is 6.13. The third kappa shape index (κ3) is 3.53. The number of para-hydroxylation sites is 1. The van der Waals surface area contributed by atoms with Gasteiger partial charge in [0.15, 0.2) is 17.2 Å². The topological polar surface area (TPSA) is 58.2 Å². The van der Waals surface area contributed by atoms with Gasteiger partial charge in [0.1, 0.15) is 0 Å². The van der Waals surface area contributed by atoms with Gasteiger partial charge in [-0.15, -0.1) is 0 Å². The average molecular weight is 382 g/mol. The number of ether oxygens (including phenoxy) is 2. The molecule has 2 aromatic rings. The Hall–Kier alpha value is -3.06. The van der Waals surface area contributed by atoms with E-state index in [9.17, 15) is 0 Å². The molecule has 0 aromatic heterocycles. The molecule has 4 rings (SSSR count). The van der Waals surface area contributed by atoms with Crippen LogP contribution >= 0.6 is 0 Å². The monoisotopic (exact) mass is 382 g/mol. The van der Waals surface area contributed by atoms with Gasteiger partial charge in [0.05, 0.1) is 38.2 Å². The number of hydrazine groups is 1. The van der Waals surface area contributed by atoms with E-state index >= 15 is 0 Å². The van der Waals surface area contributed by atoms with Crippen LogP contribution in [0.25, 0.3) is 0 Å². The summed E-state index contributed by atoms with van der Waals surface area (Å²) >= 11 is 0. The van der Waals surface area contributed by atoms with Gasteiger partial charge in [0.2, 0.25) is 0 Å². The zero-order valence-corrected chi connectivity index (χ0v) is 16.4. The molecule has 1 unspecified atom stereocenters. The molecular weight excluding hydrogens is 356 g/mol. The van der Waals surface area contributed by atoms with E-state index in [2.05, 4.69) is 27.8 Å². The van der Waals surface area contributed by atoms with E-state index in [0.29, 0.717) is 23.8 Å². The van der Waals surface area contributed by atoms with E-state index in [4.69, 9.17) is 14.3 Å². The number of hydrogen-bond donors (Lipinski definition) is 2. The fourth-order valence-corrected chi connectivity index (χ4v) is 3.69. The first-order valence-corrected chi connectivity index (χ1v) is 9.39. The maximum atomic E-state index is 6.13. The number of hydroxylamine groups is 1. The first-order chi connectivity index (χ1) is 13.7. The van der Waals surface area contributed by atoms with Crippen molar-refractivity contribution in [2.75, 3.05) is 39.7 Å². The second-order valence-corrected chi connectivity index (χ2v) is 6.78. The number of nitrogens with one attached hydrogen (secondary N) is 2. The summed E-state index contributed by atoms with van der Waals surface area (Å²) in [5, 5.41) is 11.1. The second-order valence-electron chi connectivity index (χ2n) is 6.78. The van der Waals surface area contributed by atoms with Gasteiger partial charge in [0.25, 0.3) is 0 Å². The molecule has 2 N–H and O–H groups in total.